The number of aryl methyl sites for hydroxylation is 1. The van der Waals surface area contributed by atoms with Crippen molar-refractivity contribution < 1.29 is 14.4 Å². The van der Waals surface area contributed by atoms with Gasteiger partial charge in [-0.1, -0.05) is 79.5 Å². The van der Waals surface area contributed by atoms with Gasteiger partial charge in [-0.3, -0.25) is 9.59 Å². The Balaban J connectivity index is 1.62. The summed E-state index contributed by atoms with van der Waals surface area (Å²) in [4.78, 5) is 44.6. The Bertz CT molecular complexity index is 1310. The van der Waals surface area contributed by atoms with Crippen molar-refractivity contribution >= 4 is 40.8 Å². The van der Waals surface area contributed by atoms with Gasteiger partial charge >= 0.3 is 6.03 Å². The lowest BCUT2D eigenvalue weighted by atomic mass is 9.83. The number of nitrogens with zero attached hydrogens (tertiary/aromatic N) is 2. The summed E-state index contributed by atoms with van der Waals surface area (Å²) in [6.45, 7) is 5.93. The molecule has 7 heteroatoms. The van der Waals surface area contributed by atoms with Gasteiger partial charge in [0.05, 0.1) is 23.6 Å². The van der Waals surface area contributed by atoms with Crippen molar-refractivity contribution in [1.82, 2.24) is 4.90 Å². The number of nitrogens with one attached hydrogen (secondary N) is 1. The number of benzene rings is 3. The van der Waals surface area contributed by atoms with E-state index in [0.717, 1.165) is 5.56 Å². The normalized spacial score (nSPS) is 23.4. The maximum absolute atomic E-state index is 13.9. The van der Waals surface area contributed by atoms with Crippen LogP contribution in [-0.4, -0.2) is 28.8 Å². The quantitative estimate of drug-likeness (QED) is 0.441. The van der Waals surface area contributed by atoms with Crippen LogP contribution in [0.5, 0.6) is 0 Å². The van der Waals surface area contributed by atoms with E-state index in [1.807, 2.05) is 69.3 Å². The summed E-state index contributed by atoms with van der Waals surface area (Å²) in [6.07, 6.45) is 0. The highest BCUT2D eigenvalue weighted by molar-refractivity contribution is 6.31. The van der Waals surface area contributed by atoms with E-state index in [1.54, 1.807) is 35.2 Å². The smallest absolute Gasteiger partial charge is 0.313 e. The number of anilines is 2. The molecule has 2 fully saturated rings. The molecule has 0 aromatic heterocycles. The number of rotatable bonds is 4. The number of fused-ring (bicyclic) bond motifs is 1. The minimum atomic E-state index is -0.742. The van der Waals surface area contributed by atoms with Gasteiger partial charge < -0.3 is 10.2 Å². The largest absolute Gasteiger partial charge is 0.322 e. The molecular weight excluding hydrogens is 474 g/mol. The van der Waals surface area contributed by atoms with E-state index in [0.29, 0.717) is 22.0 Å². The first-order valence-corrected chi connectivity index (χ1v) is 12.5. The molecule has 2 aliphatic rings. The van der Waals surface area contributed by atoms with Crippen LogP contribution in [0.25, 0.3) is 0 Å². The number of para-hydroxylation sites is 1. The van der Waals surface area contributed by atoms with Gasteiger partial charge in [-0.25, -0.2) is 9.69 Å². The molecule has 0 bridgehead atoms. The van der Waals surface area contributed by atoms with Crippen molar-refractivity contribution in [2.24, 2.45) is 17.8 Å². The van der Waals surface area contributed by atoms with Crippen molar-refractivity contribution in [1.29, 1.82) is 0 Å². The van der Waals surface area contributed by atoms with Crippen molar-refractivity contribution in [3.05, 3.63) is 95.0 Å². The molecule has 0 saturated carbocycles. The Kier molecular flexibility index (Phi) is 6.31. The molecule has 0 radical (unpaired) electrons. The molecule has 0 spiro atoms. The third-order valence-electron chi connectivity index (χ3n) is 7.19. The first-order valence-electron chi connectivity index (χ1n) is 12.1. The number of likely N-dealkylation sites (tertiary alicyclic amines) is 1. The molecule has 2 saturated heterocycles. The maximum Gasteiger partial charge on any atom is 0.322 e. The van der Waals surface area contributed by atoms with Crippen molar-refractivity contribution in [3.63, 3.8) is 0 Å². The molecule has 0 aliphatic carbocycles. The molecule has 6 nitrogen and oxygen atoms in total. The van der Waals surface area contributed by atoms with Crippen molar-refractivity contribution in [3.8, 4) is 0 Å². The summed E-state index contributed by atoms with van der Waals surface area (Å²) >= 11 is 6.64. The highest BCUT2D eigenvalue weighted by atomic mass is 35.5. The SMILES string of the molecule is Cc1ccc(NC(=O)N2C(c3ccccc3Cl)C3C(=O)N(c4ccccc4)C(=O)C3C2C(C)C)cc1. The maximum atomic E-state index is 13.9. The lowest BCUT2D eigenvalue weighted by Gasteiger charge is -2.36. The van der Waals surface area contributed by atoms with E-state index in [9.17, 15) is 14.4 Å². The van der Waals surface area contributed by atoms with Crippen molar-refractivity contribution in [2.75, 3.05) is 10.2 Å². The minimum absolute atomic E-state index is 0.0822. The Morgan fingerprint density at radius 1 is 0.861 bits per heavy atom. The van der Waals surface area contributed by atoms with Crippen LogP contribution in [-0.2, 0) is 9.59 Å². The van der Waals surface area contributed by atoms with E-state index in [2.05, 4.69) is 5.32 Å². The number of halogens is 1. The first-order chi connectivity index (χ1) is 17.3. The zero-order chi connectivity index (χ0) is 25.6. The second-order valence-corrected chi connectivity index (χ2v) is 10.2. The molecular formula is C29H28ClN3O3. The zero-order valence-electron chi connectivity index (χ0n) is 20.4. The van der Waals surface area contributed by atoms with E-state index in [4.69, 9.17) is 11.6 Å². The fourth-order valence-corrected chi connectivity index (χ4v) is 5.90. The molecule has 3 aromatic rings. The molecule has 5 rings (SSSR count). The summed E-state index contributed by atoms with van der Waals surface area (Å²) in [5.41, 5.74) is 2.92. The predicted molar refractivity (Wildman–Crippen MR) is 141 cm³/mol. The van der Waals surface area contributed by atoms with Crippen LogP contribution in [0.4, 0.5) is 16.2 Å². The van der Waals surface area contributed by atoms with Crippen LogP contribution in [0.1, 0.15) is 31.0 Å². The molecule has 2 heterocycles. The summed E-state index contributed by atoms with van der Waals surface area (Å²) in [5.74, 6) is -2.09. The van der Waals surface area contributed by atoms with Crippen molar-refractivity contribution in [2.45, 2.75) is 32.9 Å². The Morgan fingerprint density at radius 2 is 1.47 bits per heavy atom. The number of imide groups is 1. The van der Waals surface area contributed by atoms with Crippen LogP contribution in [0, 0.1) is 24.7 Å². The number of hydrogen-bond acceptors (Lipinski definition) is 3. The Morgan fingerprint density at radius 3 is 2.11 bits per heavy atom. The topological polar surface area (TPSA) is 69.7 Å². The number of carbonyl (C=O) groups is 3. The van der Waals surface area contributed by atoms with E-state index < -0.39 is 23.9 Å². The molecule has 1 N–H and O–H groups in total. The van der Waals surface area contributed by atoms with Crippen LogP contribution >= 0.6 is 11.6 Å². The average Bonchev–Trinajstić information content (AvgIpc) is 3.34. The van der Waals surface area contributed by atoms with Crippen LogP contribution < -0.4 is 10.2 Å². The Labute approximate surface area is 215 Å². The van der Waals surface area contributed by atoms with Gasteiger partial charge in [-0.15, -0.1) is 0 Å². The third-order valence-corrected chi connectivity index (χ3v) is 7.53. The molecule has 4 amide bonds. The summed E-state index contributed by atoms with van der Waals surface area (Å²) in [6, 6.07) is 22.2. The predicted octanol–water partition coefficient (Wildman–Crippen LogP) is 6.07. The first kappa shape index (κ1) is 24.1. The van der Waals surface area contributed by atoms with Crippen LogP contribution in [0.3, 0.4) is 0 Å². The molecule has 36 heavy (non-hydrogen) atoms. The van der Waals surface area contributed by atoms with Crippen LogP contribution in [0.2, 0.25) is 5.02 Å². The van der Waals surface area contributed by atoms with E-state index >= 15 is 0 Å². The molecule has 184 valence electrons. The van der Waals surface area contributed by atoms with Gasteiger partial charge in [0.1, 0.15) is 0 Å². The lowest BCUT2D eigenvalue weighted by molar-refractivity contribution is -0.123. The molecule has 2 aliphatic heterocycles. The fraction of sp³-hybridized carbons (Fsp3) is 0.276. The Hall–Kier alpha value is -3.64. The summed E-state index contributed by atoms with van der Waals surface area (Å²) < 4.78 is 0. The molecule has 4 atom stereocenters. The van der Waals surface area contributed by atoms with Gasteiger partial charge in [-0.2, -0.15) is 0 Å². The number of amides is 4. The monoisotopic (exact) mass is 501 g/mol. The lowest BCUT2D eigenvalue weighted by Crippen LogP contribution is -2.48. The number of carbonyl (C=O) groups excluding carboxylic acids is 3. The second kappa shape index (κ2) is 9.43. The standard InChI is InChI=1S/C29H28ClN3O3/c1-17(2)25-23-24(28(35)32(27(23)34)20-9-5-4-6-10-20)26(21-11-7-8-12-22(21)30)33(25)29(36)31-19-15-13-18(3)14-16-19/h4-17,23-26H,1-3H3,(H,31,36). The highest BCUT2D eigenvalue weighted by Gasteiger charge is 2.64. The number of urea groups is 1. The minimum Gasteiger partial charge on any atom is -0.313 e. The van der Waals surface area contributed by atoms with Gasteiger partial charge in [0.25, 0.3) is 0 Å². The van der Waals surface area contributed by atoms with Gasteiger partial charge in [-0.05, 0) is 48.7 Å². The highest BCUT2D eigenvalue weighted by Crippen LogP contribution is 2.53. The number of hydrogen-bond donors (Lipinski definition) is 1. The van der Waals surface area contributed by atoms with Gasteiger partial charge in [0.15, 0.2) is 0 Å². The summed E-state index contributed by atoms with van der Waals surface area (Å²) in [7, 11) is 0. The molecule has 4 unspecified atom stereocenters. The second-order valence-electron chi connectivity index (χ2n) is 9.80. The van der Waals surface area contributed by atoms with E-state index in [-0.39, 0.29) is 23.8 Å². The zero-order valence-corrected chi connectivity index (χ0v) is 21.1. The van der Waals surface area contributed by atoms with Gasteiger partial charge in [0, 0.05) is 16.8 Å². The van der Waals surface area contributed by atoms with E-state index in [1.165, 1.54) is 4.90 Å². The fourth-order valence-electron chi connectivity index (χ4n) is 5.65. The molecule has 3 aromatic carbocycles. The van der Waals surface area contributed by atoms with Crippen LogP contribution in [0.15, 0.2) is 78.9 Å². The average molecular weight is 502 g/mol. The third kappa shape index (κ3) is 3.95. The van der Waals surface area contributed by atoms with Gasteiger partial charge in [0.2, 0.25) is 11.8 Å². The summed E-state index contributed by atoms with van der Waals surface area (Å²) in [5, 5.41) is 3.44.